The van der Waals surface area contributed by atoms with E-state index >= 15 is 0 Å². The van der Waals surface area contributed by atoms with Crippen molar-refractivity contribution in [2.75, 3.05) is 26.2 Å². The average Bonchev–Trinajstić information content (AvgIpc) is 2.74. The third-order valence-electron chi connectivity index (χ3n) is 3.78. The highest BCUT2D eigenvalue weighted by Crippen LogP contribution is 2.29. The smallest absolute Gasteiger partial charge is 0.218 e. The summed E-state index contributed by atoms with van der Waals surface area (Å²) < 4.78 is 26.6. The van der Waals surface area contributed by atoms with Crippen molar-refractivity contribution in [1.82, 2.24) is 9.62 Å². The highest BCUT2D eigenvalue weighted by molar-refractivity contribution is 7.89. The molecule has 0 bridgehead atoms. The lowest BCUT2D eigenvalue weighted by Gasteiger charge is -2.37. The molecule has 17 heavy (non-hydrogen) atoms. The molecular weight excluding hydrogens is 240 g/mol. The van der Waals surface area contributed by atoms with Crippen molar-refractivity contribution in [3.8, 4) is 0 Å². The summed E-state index contributed by atoms with van der Waals surface area (Å²) in [4.78, 5) is 0. The normalized spacial score (nSPS) is 26.4. The molecule has 2 rings (SSSR count). The highest BCUT2D eigenvalue weighted by Gasteiger charge is 2.39. The molecule has 0 amide bonds. The van der Waals surface area contributed by atoms with Crippen molar-refractivity contribution in [2.24, 2.45) is 0 Å². The van der Waals surface area contributed by atoms with Crippen LogP contribution in [0.25, 0.3) is 0 Å². The van der Waals surface area contributed by atoms with Gasteiger partial charge < -0.3 is 10.4 Å². The van der Waals surface area contributed by atoms with E-state index in [-0.39, 0.29) is 17.9 Å². The van der Waals surface area contributed by atoms with Crippen LogP contribution in [0.1, 0.15) is 32.1 Å². The Morgan fingerprint density at radius 2 is 2.06 bits per heavy atom. The van der Waals surface area contributed by atoms with Gasteiger partial charge >= 0.3 is 0 Å². The molecule has 1 aliphatic heterocycles. The lowest BCUT2D eigenvalue weighted by atomic mass is 9.93. The van der Waals surface area contributed by atoms with E-state index in [1.54, 1.807) is 4.31 Å². The van der Waals surface area contributed by atoms with E-state index in [1.807, 2.05) is 0 Å². The first-order valence-electron chi connectivity index (χ1n) is 6.48. The third-order valence-corrected chi connectivity index (χ3v) is 6.16. The zero-order valence-electron chi connectivity index (χ0n) is 10.1. The van der Waals surface area contributed by atoms with E-state index in [0.29, 0.717) is 25.9 Å². The van der Waals surface area contributed by atoms with Crippen LogP contribution in [0.5, 0.6) is 0 Å². The predicted molar refractivity (Wildman–Crippen MR) is 66.2 cm³/mol. The lowest BCUT2D eigenvalue weighted by Crippen LogP contribution is -2.49. The number of rotatable bonds is 6. The fraction of sp³-hybridized carbons (Fsp3) is 1.00. The molecule has 0 spiro atoms. The molecule has 0 aromatic carbocycles. The molecule has 100 valence electrons. The Labute approximate surface area is 103 Å². The van der Waals surface area contributed by atoms with E-state index in [2.05, 4.69) is 5.32 Å². The number of nitrogens with zero attached hydrogens (tertiary/aromatic N) is 1. The van der Waals surface area contributed by atoms with Crippen LogP contribution in [-0.2, 0) is 10.0 Å². The first-order valence-corrected chi connectivity index (χ1v) is 7.99. The van der Waals surface area contributed by atoms with Gasteiger partial charge in [0.1, 0.15) is 0 Å². The Bertz CT molecular complexity index is 335. The summed E-state index contributed by atoms with van der Waals surface area (Å²) in [5.74, 6) is 0. The van der Waals surface area contributed by atoms with Crippen molar-refractivity contribution >= 4 is 10.0 Å². The largest absolute Gasteiger partial charge is 0.396 e. The molecule has 1 unspecified atom stereocenters. The Morgan fingerprint density at radius 1 is 1.29 bits per heavy atom. The maximum Gasteiger partial charge on any atom is 0.218 e. The van der Waals surface area contributed by atoms with Crippen LogP contribution in [0.4, 0.5) is 0 Å². The van der Waals surface area contributed by atoms with E-state index in [0.717, 1.165) is 25.8 Å². The lowest BCUT2D eigenvalue weighted by molar-refractivity contribution is 0.197. The molecular formula is C11H22N2O3S. The second-order valence-electron chi connectivity index (χ2n) is 4.93. The number of sulfonamides is 1. The molecule has 0 aromatic rings. The van der Waals surface area contributed by atoms with Crippen LogP contribution < -0.4 is 5.32 Å². The van der Waals surface area contributed by atoms with Crippen LogP contribution in [0.3, 0.4) is 0 Å². The summed E-state index contributed by atoms with van der Waals surface area (Å²) in [6.45, 7) is 1.90. The zero-order chi connectivity index (χ0) is 12.3. The molecule has 0 radical (unpaired) electrons. The number of hydrogen-bond donors (Lipinski definition) is 2. The molecule has 0 aromatic heterocycles. The van der Waals surface area contributed by atoms with Gasteiger partial charge in [0, 0.05) is 25.7 Å². The minimum Gasteiger partial charge on any atom is -0.396 e. The summed E-state index contributed by atoms with van der Waals surface area (Å²) in [6.07, 6.45) is 4.33. The van der Waals surface area contributed by atoms with Gasteiger partial charge in [0.2, 0.25) is 10.0 Å². The van der Waals surface area contributed by atoms with Gasteiger partial charge in [0.15, 0.2) is 0 Å². The van der Waals surface area contributed by atoms with Crippen molar-refractivity contribution in [3.63, 3.8) is 0 Å². The Balaban J connectivity index is 2.06. The molecule has 1 aliphatic carbocycles. The van der Waals surface area contributed by atoms with Gasteiger partial charge in [-0.05, 0) is 32.2 Å². The van der Waals surface area contributed by atoms with Gasteiger partial charge in [0.25, 0.3) is 0 Å². The molecule has 2 aliphatic rings. The fourth-order valence-corrected chi connectivity index (χ4v) is 4.63. The topological polar surface area (TPSA) is 69.6 Å². The minimum atomic E-state index is -3.17. The number of hydrogen-bond acceptors (Lipinski definition) is 4. The van der Waals surface area contributed by atoms with E-state index in [9.17, 15) is 8.42 Å². The summed E-state index contributed by atoms with van der Waals surface area (Å²) in [5.41, 5.74) is 0. The molecule has 1 atom stereocenters. The highest BCUT2D eigenvalue weighted by atomic mass is 32.2. The third kappa shape index (κ3) is 2.81. The van der Waals surface area contributed by atoms with Crippen LogP contribution in [0, 0.1) is 0 Å². The number of aliphatic hydroxyl groups is 1. The fourth-order valence-electron chi connectivity index (χ4n) is 2.49. The van der Waals surface area contributed by atoms with Crippen molar-refractivity contribution in [2.45, 2.75) is 43.4 Å². The van der Waals surface area contributed by atoms with Gasteiger partial charge in [-0.2, -0.15) is 4.31 Å². The van der Waals surface area contributed by atoms with Crippen LogP contribution in [0.2, 0.25) is 0 Å². The Kier molecular flexibility index (Phi) is 4.41. The maximum atomic E-state index is 12.5. The number of nitrogens with one attached hydrogen (secondary N) is 1. The van der Waals surface area contributed by atoms with Gasteiger partial charge in [-0.1, -0.05) is 6.42 Å². The summed E-state index contributed by atoms with van der Waals surface area (Å²) in [5, 5.41) is 11.7. The molecule has 1 saturated heterocycles. The molecule has 1 saturated carbocycles. The van der Waals surface area contributed by atoms with E-state index in [1.165, 1.54) is 0 Å². The Hall–Kier alpha value is -0.170. The van der Waals surface area contributed by atoms with Crippen molar-refractivity contribution in [1.29, 1.82) is 0 Å². The summed E-state index contributed by atoms with van der Waals surface area (Å²) >= 11 is 0. The van der Waals surface area contributed by atoms with Crippen molar-refractivity contribution < 1.29 is 13.5 Å². The molecule has 6 heteroatoms. The van der Waals surface area contributed by atoms with Gasteiger partial charge in [-0.15, -0.1) is 0 Å². The second kappa shape index (κ2) is 5.65. The van der Waals surface area contributed by atoms with E-state index in [4.69, 9.17) is 5.11 Å². The van der Waals surface area contributed by atoms with Crippen molar-refractivity contribution in [3.05, 3.63) is 0 Å². The molecule has 5 nitrogen and oxygen atoms in total. The maximum absolute atomic E-state index is 12.5. The Morgan fingerprint density at radius 3 is 2.53 bits per heavy atom. The quantitative estimate of drug-likeness (QED) is 0.702. The summed E-state index contributed by atoms with van der Waals surface area (Å²) in [6, 6.07) is 0.187. The van der Waals surface area contributed by atoms with Crippen LogP contribution >= 0.6 is 0 Å². The number of aliphatic hydroxyl groups excluding tert-OH is 1. The average molecular weight is 262 g/mol. The first kappa shape index (κ1) is 13.3. The zero-order valence-corrected chi connectivity index (χ0v) is 11.0. The monoisotopic (exact) mass is 262 g/mol. The van der Waals surface area contributed by atoms with Gasteiger partial charge in [-0.3, -0.25) is 0 Å². The van der Waals surface area contributed by atoms with E-state index < -0.39 is 10.0 Å². The summed E-state index contributed by atoms with van der Waals surface area (Å²) in [7, 11) is -3.17. The molecule has 1 heterocycles. The standard InChI is InChI=1S/C11H22N2O3S/c14-8-2-7-13(10-3-1-4-10)17(15,16)11-5-6-12-9-11/h10-12,14H,1-9H2. The van der Waals surface area contributed by atoms with Gasteiger partial charge in [0.05, 0.1) is 5.25 Å². The SMILES string of the molecule is O=S(=O)(C1CCNC1)N(CCCO)C1CCC1. The first-order chi connectivity index (χ1) is 8.16. The van der Waals surface area contributed by atoms with Crippen LogP contribution in [0.15, 0.2) is 0 Å². The molecule has 2 fully saturated rings. The molecule has 2 N–H and O–H groups in total. The second-order valence-corrected chi connectivity index (χ2v) is 7.10. The minimum absolute atomic E-state index is 0.0572. The van der Waals surface area contributed by atoms with Gasteiger partial charge in [-0.25, -0.2) is 8.42 Å². The predicted octanol–water partition coefficient (Wildman–Crippen LogP) is -0.0850. The van der Waals surface area contributed by atoms with Crippen LogP contribution in [-0.4, -0.2) is 55.4 Å².